The lowest BCUT2D eigenvalue weighted by atomic mass is 9.94. The molecule has 184 valence electrons. The second-order valence-corrected chi connectivity index (χ2v) is 11.0. The molecule has 1 aliphatic heterocycles. The van der Waals surface area contributed by atoms with Gasteiger partial charge in [0.1, 0.15) is 5.82 Å². The van der Waals surface area contributed by atoms with Crippen LogP contribution in [0.25, 0.3) is 5.69 Å². The number of aromatic nitrogens is 2. The average Bonchev–Trinajstić information content (AvgIpc) is 3.18. The van der Waals surface area contributed by atoms with E-state index in [0.717, 1.165) is 6.42 Å². The smallest absolute Gasteiger partial charge is 0.269 e. The molecule has 2 aromatic carbocycles. The number of nitrogens with zero attached hydrogens (tertiary/aromatic N) is 4. The maximum Gasteiger partial charge on any atom is 0.269 e. The number of benzene rings is 2. The molecule has 0 bridgehead atoms. The molecule has 2 unspecified atom stereocenters. The van der Waals surface area contributed by atoms with Gasteiger partial charge in [0.15, 0.2) is 0 Å². The Bertz CT molecular complexity index is 1360. The number of amides is 1. The fraction of sp³-hybridized carbons (Fsp3) is 0.333. The summed E-state index contributed by atoms with van der Waals surface area (Å²) in [5, 5.41) is 18.1. The van der Waals surface area contributed by atoms with Crippen LogP contribution in [0.2, 0.25) is 0 Å². The SMILES string of the molecule is Cc1cc(NC(=O)c2cccc(S(=O)(=O)N3CC(C)CC(C)C3)c2)n(-c2ccc([N+](=O)[O-])cc2)n1. The average molecular weight is 498 g/mol. The third kappa shape index (κ3) is 5.25. The second-order valence-electron chi connectivity index (χ2n) is 9.11. The number of aryl methyl sites for hydroxylation is 1. The number of rotatable bonds is 6. The van der Waals surface area contributed by atoms with Gasteiger partial charge in [0.25, 0.3) is 11.6 Å². The molecule has 4 rings (SSSR count). The van der Waals surface area contributed by atoms with Gasteiger partial charge in [-0.25, -0.2) is 13.1 Å². The first-order valence-corrected chi connectivity index (χ1v) is 12.7. The van der Waals surface area contributed by atoms with Crippen LogP contribution in [0.15, 0.2) is 59.5 Å². The number of anilines is 1. The van der Waals surface area contributed by atoms with Gasteiger partial charge in [0.05, 0.1) is 21.2 Å². The number of piperidine rings is 1. The van der Waals surface area contributed by atoms with Crippen molar-refractivity contribution in [2.45, 2.75) is 32.1 Å². The Kier molecular flexibility index (Phi) is 6.73. The maximum absolute atomic E-state index is 13.3. The predicted molar refractivity (Wildman–Crippen MR) is 131 cm³/mol. The van der Waals surface area contributed by atoms with Crippen molar-refractivity contribution >= 4 is 27.4 Å². The number of nitro groups is 1. The minimum absolute atomic E-state index is 0.0567. The lowest BCUT2D eigenvalue weighted by Crippen LogP contribution is -2.42. The molecule has 35 heavy (non-hydrogen) atoms. The van der Waals surface area contributed by atoms with E-state index < -0.39 is 20.9 Å². The Hall–Kier alpha value is -3.57. The van der Waals surface area contributed by atoms with Gasteiger partial charge in [-0.1, -0.05) is 19.9 Å². The zero-order valence-electron chi connectivity index (χ0n) is 19.7. The molecule has 0 aliphatic carbocycles. The molecule has 3 aromatic rings. The normalized spacial score (nSPS) is 18.8. The molecule has 1 fully saturated rings. The Morgan fingerprint density at radius 1 is 1.09 bits per heavy atom. The summed E-state index contributed by atoms with van der Waals surface area (Å²) in [4.78, 5) is 23.6. The summed E-state index contributed by atoms with van der Waals surface area (Å²) in [5.74, 6) is 0.393. The number of carbonyl (C=O) groups is 1. The Morgan fingerprint density at radius 3 is 2.37 bits per heavy atom. The predicted octanol–water partition coefficient (Wildman–Crippen LogP) is 4.01. The van der Waals surface area contributed by atoms with Gasteiger partial charge in [-0.15, -0.1) is 0 Å². The molecule has 1 aromatic heterocycles. The Labute approximate surface area is 203 Å². The standard InChI is InChI=1S/C24H27N5O5S/c1-16-11-17(2)15-27(14-16)35(33,34)22-6-4-5-19(13-22)24(30)25-23-12-18(3)26-28(23)20-7-9-21(10-8-20)29(31)32/h4-10,12-13,16-17H,11,14-15H2,1-3H3,(H,25,30). The number of non-ortho nitro benzene ring substituents is 1. The third-order valence-corrected chi connectivity index (χ3v) is 7.78. The second kappa shape index (κ2) is 9.59. The molecule has 10 nitrogen and oxygen atoms in total. The van der Waals surface area contributed by atoms with Crippen molar-refractivity contribution in [1.29, 1.82) is 0 Å². The van der Waals surface area contributed by atoms with Crippen LogP contribution >= 0.6 is 0 Å². The van der Waals surface area contributed by atoms with Crippen molar-refractivity contribution in [1.82, 2.24) is 14.1 Å². The summed E-state index contributed by atoms with van der Waals surface area (Å²) in [5.41, 5.74) is 1.30. The highest BCUT2D eigenvalue weighted by Crippen LogP contribution is 2.27. The molecule has 0 spiro atoms. The minimum Gasteiger partial charge on any atom is -0.306 e. The Morgan fingerprint density at radius 2 is 1.74 bits per heavy atom. The van der Waals surface area contributed by atoms with Gasteiger partial charge in [-0.05, 0) is 55.5 Å². The molecule has 2 atom stereocenters. The Balaban J connectivity index is 1.58. The van der Waals surface area contributed by atoms with Crippen LogP contribution in [-0.2, 0) is 10.0 Å². The number of sulfonamides is 1. The first-order valence-electron chi connectivity index (χ1n) is 11.3. The van der Waals surface area contributed by atoms with E-state index >= 15 is 0 Å². The summed E-state index contributed by atoms with van der Waals surface area (Å²) in [6, 6.07) is 13.4. The lowest BCUT2D eigenvalue weighted by Gasteiger charge is -2.34. The van der Waals surface area contributed by atoms with Crippen molar-refractivity contribution in [3.05, 3.63) is 76.0 Å². The lowest BCUT2D eigenvalue weighted by molar-refractivity contribution is -0.384. The summed E-state index contributed by atoms with van der Waals surface area (Å²) < 4.78 is 29.5. The van der Waals surface area contributed by atoms with Crippen molar-refractivity contribution in [3.63, 3.8) is 0 Å². The molecular formula is C24H27N5O5S. The summed E-state index contributed by atoms with van der Waals surface area (Å²) >= 11 is 0. The largest absolute Gasteiger partial charge is 0.306 e. The van der Waals surface area contributed by atoms with E-state index in [9.17, 15) is 23.3 Å². The first kappa shape index (κ1) is 24.6. The molecule has 0 radical (unpaired) electrons. The number of hydrogen-bond acceptors (Lipinski definition) is 6. The topological polar surface area (TPSA) is 127 Å². The highest BCUT2D eigenvalue weighted by atomic mass is 32.2. The van der Waals surface area contributed by atoms with Gasteiger partial charge in [0, 0.05) is 36.9 Å². The molecule has 0 saturated carbocycles. The van der Waals surface area contributed by atoms with Crippen LogP contribution in [0.3, 0.4) is 0 Å². The number of nitro benzene ring substituents is 1. The van der Waals surface area contributed by atoms with E-state index in [1.54, 1.807) is 25.1 Å². The van der Waals surface area contributed by atoms with Crippen LogP contribution in [0, 0.1) is 28.9 Å². The first-order chi connectivity index (χ1) is 16.5. The van der Waals surface area contributed by atoms with Crippen LogP contribution < -0.4 is 5.32 Å². The van der Waals surface area contributed by atoms with Crippen molar-refractivity contribution in [2.24, 2.45) is 11.8 Å². The zero-order chi connectivity index (χ0) is 25.3. The van der Waals surface area contributed by atoms with Crippen molar-refractivity contribution in [2.75, 3.05) is 18.4 Å². The number of carbonyl (C=O) groups excluding carboxylic acids is 1. The van der Waals surface area contributed by atoms with E-state index in [2.05, 4.69) is 10.4 Å². The van der Waals surface area contributed by atoms with E-state index in [0.29, 0.717) is 30.3 Å². The summed E-state index contributed by atoms with van der Waals surface area (Å²) in [6.07, 6.45) is 0.982. The molecule has 1 aliphatic rings. The number of nitrogens with one attached hydrogen (secondary N) is 1. The van der Waals surface area contributed by atoms with Gasteiger partial charge in [-0.2, -0.15) is 9.40 Å². The monoisotopic (exact) mass is 497 g/mol. The van der Waals surface area contributed by atoms with E-state index in [-0.39, 0.29) is 28.0 Å². The third-order valence-electron chi connectivity index (χ3n) is 5.95. The van der Waals surface area contributed by atoms with E-state index in [1.807, 2.05) is 13.8 Å². The molecule has 1 N–H and O–H groups in total. The maximum atomic E-state index is 13.3. The fourth-order valence-electron chi connectivity index (χ4n) is 4.44. The zero-order valence-corrected chi connectivity index (χ0v) is 20.5. The van der Waals surface area contributed by atoms with Crippen LogP contribution in [0.1, 0.15) is 36.3 Å². The highest BCUT2D eigenvalue weighted by Gasteiger charge is 2.32. The van der Waals surface area contributed by atoms with Gasteiger partial charge < -0.3 is 5.32 Å². The molecule has 1 saturated heterocycles. The van der Waals surface area contributed by atoms with Crippen molar-refractivity contribution < 1.29 is 18.1 Å². The van der Waals surface area contributed by atoms with Gasteiger partial charge >= 0.3 is 0 Å². The molecule has 2 heterocycles. The van der Waals surface area contributed by atoms with Gasteiger partial charge in [-0.3, -0.25) is 14.9 Å². The minimum atomic E-state index is -3.73. The van der Waals surface area contributed by atoms with E-state index in [4.69, 9.17) is 0 Å². The molecule has 11 heteroatoms. The van der Waals surface area contributed by atoms with Crippen LogP contribution in [0.4, 0.5) is 11.5 Å². The quantitative estimate of drug-likeness (QED) is 0.405. The summed E-state index contributed by atoms with van der Waals surface area (Å²) in [6.45, 7) is 6.75. The van der Waals surface area contributed by atoms with Crippen LogP contribution in [-0.4, -0.2) is 46.4 Å². The van der Waals surface area contributed by atoms with Crippen LogP contribution in [0.5, 0.6) is 0 Å². The summed E-state index contributed by atoms with van der Waals surface area (Å²) in [7, 11) is -3.73. The van der Waals surface area contributed by atoms with Crippen molar-refractivity contribution in [3.8, 4) is 5.69 Å². The molecular weight excluding hydrogens is 470 g/mol. The highest BCUT2D eigenvalue weighted by molar-refractivity contribution is 7.89. The van der Waals surface area contributed by atoms with E-state index in [1.165, 1.54) is 45.4 Å². The molecule has 1 amide bonds. The fourth-order valence-corrected chi connectivity index (χ4v) is 6.16. The van der Waals surface area contributed by atoms with Gasteiger partial charge in [0.2, 0.25) is 10.0 Å². The number of hydrogen-bond donors (Lipinski definition) is 1.